The van der Waals surface area contributed by atoms with Crippen LogP contribution in [0.2, 0.25) is 0 Å². The monoisotopic (exact) mass is 270 g/mol. The average molecular weight is 270 g/mol. The molecule has 0 saturated heterocycles. The average Bonchev–Trinajstić information content (AvgIpc) is 2.75. The lowest BCUT2D eigenvalue weighted by molar-refractivity contribution is 0.00890. The van der Waals surface area contributed by atoms with Gasteiger partial charge in [-0.3, -0.25) is 0 Å². The highest BCUT2D eigenvalue weighted by atomic mass is 19.3. The second-order valence-electron chi connectivity index (χ2n) is 4.20. The van der Waals surface area contributed by atoms with Gasteiger partial charge in [-0.15, -0.1) is 0 Å². The van der Waals surface area contributed by atoms with E-state index in [1.807, 2.05) is 26.8 Å². The first kappa shape index (κ1) is 17.6. The summed E-state index contributed by atoms with van der Waals surface area (Å²) in [6.07, 6.45) is 1.25. The number of aromatic amines is 1. The van der Waals surface area contributed by atoms with Gasteiger partial charge in [0.1, 0.15) is 0 Å². The molecule has 1 aromatic heterocycles. The van der Waals surface area contributed by atoms with E-state index in [9.17, 15) is 8.78 Å². The number of H-pyrrole nitrogens is 1. The predicted octanol–water partition coefficient (Wildman–Crippen LogP) is 5.43. The highest BCUT2D eigenvalue weighted by molar-refractivity contribution is 5.75. The summed E-state index contributed by atoms with van der Waals surface area (Å²) in [5, 5.41) is 0. The van der Waals surface area contributed by atoms with Gasteiger partial charge >= 0.3 is 5.92 Å². The van der Waals surface area contributed by atoms with Crippen LogP contribution in [0, 0.1) is 6.92 Å². The Morgan fingerprint density at radius 1 is 1.21 bits per heavy atom. The van der Waals surface area contributed by atoms with Crippen molar-refractivity contribution in [1.82, 2.24) is 9.97 Å². The maximum Gasteiger partial charge on any atom is 0.301 e. The van der Waals surface area contributed by atoms with Crippen molar-refractivity contribution >= 4 is 11.0 Å². The molecule has 1 N–H and O–H groups in total. The summed E-state index contributed by atoms with van der Waals surface area (Å²) in [7, 11) is 0. The van der Waals surface area contributed by atoms with Gasteiger partial charge in [-0.05, 0) is 24.6 Å². The van der Waals surface area contributed by atoms with E-state index in [2.05, 4.69) is 23.8 Å². The molecule has 0 atom stereocenters. The van der Waals surface area contributed by atoms with E-state index in [-0.39, 0.29) is 5.82 Å². The summed E-state index contributed by atoms with van der Waals surface area (Å²) in [6, 6.07) is 5.38. The van der Waals surface area contributed by atoms with E-state index < -0.39 is 5.92 Å². The van der Waals surface area contributed by atoms with Gasteiger partial charge in [-0.2, -0.15) is 8.78 Å². The molecule has 0 unspecified atom stereocenters. The van der Waals surface area contributed by atoms with E-state index in [0.29, 0.717) is 11.0 Å². The molecule has 0 fully saturated rings. The topological polar surface area (TPSA) is 28.7 Å². The van der Waals surface area contributed by atoms with Gasteiger partial charge in [-0.1, -0.05) is 40.2 Å². The first-order chi connectivity index (χ1) is 8.88. The van der Waals surface area contributed by atoms with Crippen molar-refractivity contribution in [3.8, 4) is 0 Å². The van der Waals surface area contributed by atoms with Crippen molar-refractivity contribution in [2.75, 3.05) is 0 Å². The largest absolute Gasteiger partial charge is 0.337 e. The lowest BCUT2D eigenvalue weighted by Gasteiger charge is -2.03. The minimum atomic E-state index is -2.91. The van der Waals surface area contributed by atoms with Crippen LogP contribution in [-0.4, -0.2) is 9.97 Å². The van der Waals surface area contributed by atoms with Crippen LogP contribution in [0.25, 0.3) is 11.0 Å². The Hall–Kier alpha value is -1.45. The fourth-order valence-corrected chi connectivity index (χ4v) is 1.33. The predicted molar refractivity (Wildman–Crippen MR) is 77.7 cm³/mol. The van der Waals surface area contributed by atoms with Crippen molar-refractivity contribution < 1.29 is 8.78 Å². The summed E-state index contributed by atoms with van der Waals surface area (Å²) in [5.41, 5.74) is 2.25. The molecule has 0 aliphatic carbocycles. The van der Waals surface area contributed by atoms with Gasteiger partial charge in [0.2, 0.25) is 0 Å². The maximum absolute atomic E-state index is 12.9. The van der Waals surface area contributed by atoms with E-state index in [1.54, 1.807) is 12.1 Å². The standard InChI is InChI=1S/C10H10F2N2.C3H8.C2H6/c1-6-3-4-7-8(5-6)14-9(13-7)10(2,11)12;1-3-2;1-2/h3-5H,1-2H3,(H,13,14);3H2,1-2H3;1-2H3. The number of aryl methyl sites for hydroxylation is 1. The van der Waals surface area contributed by atoms with Crippen molar-refractivity contribution in [2.24, 2.45) is 0 Å². The second kappa shape index (κ2) is 7.87. The van der Waals surface area contributed by atoms with Crippen LogP contribution >= 0.6 is 0 Å². The molecule has 0 spiro atoms. The summed E-state index contributed by atoms with van der Waals surface area (Å²) >= 11 is 0. The van der Waals surface area contributed by atoms with Crippen LogP contribution in [-0.2, 0) is 5.92 Å². The van der Waals surface area contributed by atoms with Crippen LogP contribution in [0.3, 0.4) is 0 Å². The Balaban J connectivity index is 0.000000573. The van der Waals surface area contributed by atoms with Crippen LogP contribution in [0.15, 0.2) is 18.2 Å². The first-order valence-electron chi connectivity index (χ1n) is 6.73. The van der Waals surface area contributed by atoms with Crippen molar-refractivity contribution in [3.05, 3.63) is 29.6 Å². The third kappa shape index (κ3) is 5.37. The highest BCUT2D eigenvalue weighted by Crippen LogP contribution is 2.26. The molecule has 19 heavy (non-hydrogen) atoms. The molecular formula is C15H24F2N2. The smallest absolute Gasteiger partial charge is 0.301 e. The quantitative estimate of drug-likeness (QED) is 0.735. The molecule has 2 nitrogen and oxygen atoms in total. The normalized spacial score (nSPS) is 10.3. The molecule has 1 heterocycles. The zero-order chi connectivity index (χ0) is 15.1. The summed E-state index contributed by atoms with van der Waals surface area (Å²) in [5.74, 6) is -3.19. The molecule has 0 aliphatic rings. The number of fused-ring (bicyclic) bond motifs is 1. The van der Waals surface area contributed by atoms with Crippen molar-refractivity contribution in [3.63, 3.8) is 0 Å². The molecule has 108 valence electrons. The minimum absolute atomic E-state index is 0.280. The van der Waals surface area contributed by atoms with Gasteiger partial charge in [0, 0.05) is 6.92 Å². The van der Waals surface area contributed by atoms with Crippen molar-refractivity contribution in [2.45, 2.75) is 53.9 Å². The van der Waals surface area contributed by atoms with E-state index in [0.717, 1.165) is 12.5 Å². The molecule has 4 heteroatoms. The molecule has 0 aliphatic heterocycles. The third-order valence-electron chi connectivity index (χ3n) is 2.05. The maximum atomic E-state index is 12.9. The minimum Gasteiger partial charge on any atom is -0.337 e. The lowest BCUT2D eigenvalue weighted by atomic mass is 10.2. The number of nitrogens with zero attached hydrogens (tertiary/aromatic N) is 1. The van der Waals surface area contributed by atoms with Gasteiger partial charge in [0.15, 0.2) is 5.82 Å². The van der Waals surface area contributed by atoms with Gasteiger partial charge in [0.25, 0.3) is 0 Å². The van der Waals surface area contributed by atoms with E-state index >= 15 is 0 Å². The zero-order valence-electron chi connectivity index (χ0n) is 12.6. The summed E-state index contributed by atoms with van der Waals surface area (Å²) < 4.78 is 25.8. The third-order valence-corrected chi connectivity index (χ3v) is 2.05. The molecule has 0 amide bonds. The van der Waals surface area contributed by atoms with Crippen LogP contribution in [0.4, 0.5) is 8.78 Å². The lowest BCUT2D eigenvalue weighted by Crippen LogP contribution is -2.08. The summed E-state index contributed by atoms with van der Waals surface area (Å²) in [6.45, 7) is 11.0. The Morgan fingerprint density at radius 2 is 1.74 bits per heavy atom. The number of imidazole rings is 1. The van der Waals surface area contributed by atoms with Crippen LogP contribution < -0.4 is 0 Å². The number of nitrogens with one attached hydrogen (secondary N) is 1. The SMILES string of the molecule is CC.CCC.Cc1ccc2nc(C(C)(F)F)[nH]c2c1. The number of hydrogen-bond acceptors (Lipinski definition) is 1. The number of alkyl halides is 2. The highest BCUT2D eigenvalue weighted by Gasteiger charge is 2.28. The molecule has 0 radical (unpaired) electrons. The van der Waals surface area contributed by atoms with Gasteiger partial charge < -0.3 is 4.98 Å². The Labute approximate surface area is 114 Å². The van der Waals surface area contributed by atoms with Gasteiger partial charge in [0.05, 0.1) is 11.0 Å². The Kier molecular flexibility index (Phi) is 7.27. The fourth-order valence-electron chi connectivity index (χ4n) is 1.33. The second-order valence-corrected chi connectivity index (χ2v) is 4.20. The molecule has 0 bridgehead atoms. The number of halogens is 2. The molecular weight excluding hydrogens is 246 g/mol. The Morgan fingerprint density at radius 3 is 2.21 bits per heavy atom. The Bertz CT molecular complexity index is 484. The van der Waals surface area contributed by atoms with E-state index in [1.165, 1.54) is 6.42 Å². The zero-order valence-corrected chi connectivity index (χ0v) is 12.6. The molecule has 1 aromatic carbocycles. The van der Waals surface area contributed by atoms with Gasteiger partial charge in [-0.25, -0.2) is 4.98 Å². The number of rotatable bonds is 1. The fraction of sp³-hybridized carbons (Fsp3) is 0.533. The van der Waals surface area contributed by atoms with E-state index in [4.69, 9.17) is 0 Å². The van der Waals surface area contributed by atoms with Crippen LogP contribution in [0.5, 0.6) is 0 Å². The number of benzene rings is 1. The molecule has 2 aromatic rings. The number of aromatic nitrogens is 2. The summed E-state index contributed by atoms with van der Waals surface area (Å²) in [4.78, 5) is 6.43. The van der Waals surface area contributed by atoms with Crippen LogP contribution in [0.1, 0.15) is 52.4 Å². The van der Waals surface area contributed by atoms with Crippen molar-refractivity contribution in [1.29, 1.82) is 0 Å². The first-order valence-corrected chi connectivity index (χ1v) is 6.73. The number of hydrogen-bond donors (Lipinski definition) is 1. The molecule has 2 rings (SSSR count). The molecule has 0 saturated carbocycles.